The highest BCUT2D eigenvalue weighted by Gasteiger charge is 2.10. The molecule has 0 aliphatic heterocycles. The summed E-state index contributed by atoms with van der Waals surface area (Å²) in [6, 6.07) is 26.4. The Morgan fingerprint density at radius 1 is 0.667 bits per heavy atom. The first-order valence-corrected chi connectivity index (χ1v) is 7.01. The molecule has 3 rings (SSSR count). The average molecular weight is 272 g/mol. The van der Waals surface area contributed by atoms with Crippen LogP contribution in [-0.2, 0) is 0 Å². The summed E-state index contributed by atoms with van der Waals surface area (Å²) in [6.07, 6.45) is 0. The number of ketones is 1. The molecule has 0 saturated heterocycles. The molecule has 0 saturated carbocycles. The molecule has 0 N–H and O–H groups in total. The van der Waals surface area contributed by atoms with E-state index in [1.807, 2.05) is 54.6 Å². The van der Waals surface area contributed by atoms with Gasteiger partial charge < -0.3 is 0 Å². The Hall–Kier alpha value is -2.67. The second kappa shape index (κ2) is 5.76. The zero-order valence-electron chi connectivity index (χ0n) is 11.9. The summed E-state index contributed by atoms with van der Waals surface area (Å²) in [5.41, 5.74) is 5.26. The highest BCUT2D eigenvalue weighted by Crippen LogP contribution is 2.32. The van der Waals surface area contributed by atoms with Crippen LogP contribution < -0.4 is 0 Å². The van der Waals surface area contributed by atoms with Crippen LogP contribution in [0.5, 0.6) is 0 Å². The molecule has 0 bridgehead atoms. The Balaban J connectivity index is 2.23. The predicted octanol–water partition coefficient (Wildman–Crippen LogP) is 5.22. The van der Waals surface area contributed by atoms with E-state index in [1.54, 1.807) is 6.92 Å². The fourth-order valence-corrected chi connectivity index (χ4v) is 2.49. The third-order valence-corrected chi connectivity index (χ3v) is 3.60. The summed E-state index contributed by atoms with van der Waals surface area (Å²) >= 11 is 0. The fourth-order valence-electron chi connectivity index (χ4n) is 2.49. The number of hydrogen-bond donors (Lipinski definition) is 0. The van der Waals surface area contributed by atoms with Gasteiger partial charge in [0.15, 0.2) is 5.78 Å². The van der Waals surface area contributed by atoms with Gasteiger partial charge in [0.05, 0.1) is 0 Å². The molecule has 0 amide bonds. The van der Waals surface area contributed by atoms with Crippen LogP contribution in [0.3, 0.4) is 0 Å². The summed E-state index contributed by atoms with van der Waals surface area (Å²) in [4.78, 5) is 11.7. The summed E-state index contributed by atoms with van der Waals surface area (Å²) in [5.74, 6) is 0.0896. The topological polar surface area (TPSA) is 17.1 Å². The van der Waals surface area contributed by atoms with Crippen LogP contribution in [0.4, 0.5) is 0 Å². The third-order valence-electron chi connectivity index (χ3n) is 3.60. The maximum Gasteiger partial charge on any atom is 0.159 e. The summed E-state index contributed by atoms with van der Waals surface area (Å²) in [6.45, 7) is 1.60. The lowest BCUT2D eigenvalue weighted by Gasteiger charge is -2.12. The van der Waals surface area contributed by atoms with Gasteiger partial charge >= 0.3 is 0 Å². The maximum absolute atomic E-state index is 11.7. The van der Waals surface area contributed by atoms with Crippen molar-refractivity contribution in [3.63, 3.8) is 0 Å². The highest BCUT2D eigenvalue weighted by molar-refractivity contribution is 5.97. The van der Waals surface area contributed by atoms with E-state index in [-0.39, 0.29) is 5.78 Å². The number of rotatable bonds is 3. The van der Waals surface area contributed by atoms with E-state index in [0.29, 0.717) is 0 Å². The van der Waals surface area contributed by atoms with Gasteiger partial charge in [-0.25, -0.2) is 0 Å². The van der Waals surface area contributed by atoms with E-state index in [4.69, 9.17) is 0 Å². The van der Waals surface area contributed by atoms with E-state index < -0.39 is 0 Å². The molecule has 1 nitrogen and oxygen atoms in total. The van der Waals surface area contributed by atoms with Crippen molar-refractivity contribution in [3.8, 4) is 22.3 Å². The van der Waals surface area contributed by atoms with Crippen LogP contribution in [0, 0.1) is 0 Å². The van der Waals surface area contributed by atoms with Crippen molar-refractivity contribution in [3.05, 3.63) is 84.4 Å². The fraction of sp³-hybridized carbons (Fsp3) is 0.0500. The van der Waals surface area contributed by atoms with E-state index in [0.717, 1.165) is 27.8 Å². The molecular formula is C20H16O. The van der Waals surface area contributed by atoms with Gasteiger partial charge in [-0.15, -0.1) is 0 Å². The first kappa shape index (κ1) is 13.3. The minimum Gasteiger partial charge on any atom is -0.295 e. The lowest BCUT2D eigenvalue weighted by molar-refractivity contribution is 0.101. The number of benzene rings is 3. The van der Waals surface area contributed by atoms with Crippen molar-refractivity contribution >= 4 is 5.78 Å². The van der Waals surface area contributed by atoms with Gasteiger partial charge in [0.25, 0.3) is 0 Å². The third kappa shape index (κ3) is 2.77. The lowest BCUT2D eigenvalue weighted by Crippen LogP contribution is -1.94. The zero-order valence-corrected chi connectivity index (χ0v) is 11.9. The lowest BCUT2D eigenvalue weighted by atomic mass is 9.92. The molecule has 0 radical (unpaired) electrons. The molecule has 0 heterocycles. The Labute approximate surface area is 124 Å². The highest BCUT2D eigenvalue weighted by atomic mass is 16.1. The first-order valence-electron chi connectivity index (χ1n) is 7.01. The van der Waals surface area contributed by atoms with Gasteiger partial charge in [0, 0.05) is 5.56 Å². The molecule has 3 aromatic carbocycles. The van der Waals surface area contributed by atoms with Crippen molar-refractivity contribution in [2.75, 3.05) is 0 Å². The minimum atomic E-state index is 0.0896. The molecule has 0 spiro atoms. The van der Waals surface area contributed by atoms with E-state index in [9.17, 15) is 4.79 Å². The molecule has 0 atom stereocenters. The van der Waals surface area contributed by atoms with Crippen LogP contribution >= 0.6 is 0 Å². The van der Waals surface area contributed by atoms with E-state index in [2.05, 4.69) is 24.3 Å². The molecule has 0 aliphatic carbocycles. The molecule has 3 aromatic rings. The molecule has 0 aromatic heterocycles. The zero-order chi connectivity index (χ0) is 14.7. The van der Waals surface area contributed by atoms with Gasteiger partial charge in [0.1, 0.15) is 0 Å². The SMILES string of the molecule is CC(=O)c1ccc(-c2ccccc2)c(-c2ccccc2)c1. The predicted molar refractivity (Wildman–Crippen MR) is 87.3 cm³/mol. The van der Waals surface area contributed by atoms with Crippen LogP contribution in [0.15, 0.2) is 78.9 Å². The monoisotopic (exact) mass is 272 g/mol. The maximum atomic E-state index is 11.7. The Morgan fingerprint density at radius 3 is 1.71 bits per heavy atom. The van der Waals surface area contributed by atoms with Crippen molar-refractivity contribution in [2.24, 2.45) is 0 Å². The summed E-state index contributed by atoms with van der Waals surface area (Å²) in [5, 5.41) is 0. The molecule has 1 heteroatoms. The van der Waals surface area contributed by atoms with Crippen LogP contribution in [0.25, 0.3) is 22.3 Å². The molecule has 21 heavy (non-hydrogen) atoms. The standard InChI is InChI=1S/C20H16O/c1-15(21)18-12-13-19(16-8-4-2-5-9-16)20(14-18)17-10-6-3-7-11-17/h2-14H,1H3. The van der Waals surface area contributed by atoms with Gasteiger partial charge in [-0.3, -0.25) is 4.79 Å². The summed E-state index contributed by atoms with van der Waals surface area (Å²) < 4.78 is 0. The Morgan fingerprint density at radius 2 is 1.19 bits per heavy atom. The van der Waals surface area contributed by atoms with E-state index >= 15 is 0 Å². The van der Waals surface area contributed by atoms with Crippen LogP contribution in [-0.4, -0.2) is 5.78 Å². The van der Waals surface area contributed by atoms with Crippen LogP contribution in [0.1, 0.15) is 17.3 Å². The molecule has 0 fully saturated rings. The minimum absolute atomic E-state index is 0.0896. The van der Waals surface area contributed by atoms with Gasteiger partial charge in [-0.2, -0.15) is 0 Å². The number of carbonyl (C=O) groups is 1. The number of Topliss-reactive ketones (excluding diaryl/α,β-unsaturated/α-hetero) is 1. The van der Waals surface area contributed by atoms with Gasteiger partial charge in [0.2, 0.25) is 0 Å². The molecule has 0 unspecified atom stereocenters. The largest absolute Gasteiger partial charge is 0.295 e. The second-order valence-electron chi connectivity index (χ2n) is 5.05. The van der Waals surface area contributed by atoms with Crippen molar-refractivity contribution < 1.29 is 4.79 Å². The van der Waals surface area contributed by atoms with Crippen molar-refractivity contribution in [1.82, 2.24) is 0 Å². The van der Waals surface area contributed by atoms with Crippen molar-refractivity contribution in [1.29, 1.82) is 0 Å². The second-order valence-corrected chi connectivity index (χ2v) is 5.05. The first-order chi connectivity index (χ1) is 10.3. The molecular weight excluding hydrogens is 256 g/mol. The Kier molecular flexibility index (Phi) is 3.65. The average Bonchev–Trinajstić information content (AvgIpc) is 2.56. The van der Waals surface area contributed by atoms with E-state index in [1.165, 1.54) is 0 Å². The molecule has 102 valence electrons. The van der Waals surface area contributed by atoms with Gasteiger partial charge in [-0.1, -0.05) is 72.8 Å². The number of carbonyl (C=O) groups excluding carboxylic acids is 1. The summed E-state index contributed by atoms with van der Waals surface area (Å²) in [7, 11) is 0. The van der Waals surface area contributed by atoms with Crippen molar-refractivity contribution in [2.45, 2.75) is 6.92 Å². The van der Waals surface area contributed by atoms with Gasteiger partial charge in [-0.05, 0) is 35.2 Å². The normalized spacial score (nSPS) is 10.3. The molecule has 0 aliphatic rings. The Bertz CT molecular complexity index is 758. The number of hydrogen-bond acceptors (Lipinski definition) is 1. The van der Waals surface area contributed by atoms with Crippen LogP contribution in [0.2, 0.25) is 0 Å². The quantitative estimate of drug-likeness (QED) is 0.597. The smallest absolute Gasteiger partial charge is 0.159 e.